The van der Waals surface area contributed by atoms with Gasteiger partial charge in [-0.2, -0.15) is 0 Å². The van der Waals surface area contributed by atoms with E-state index in [4.69, 9.17) is 4.74 Å². The minimum absolute atomic E-state index is 0.625. The Hall–Kier alpha value is -1.14. The molecule has 0 aliphatic rings. The number of pyridine rings is 1. The fourth-order valence-corrected chi connectivity index (χ4v) is 1.99. The van der Waals surface area contributed by atoms with E-state index in [-0.39, 0.29) is 0 Å². The summed E-state index contributed by atoms with van der Waals surface area (Å²) < 4.78 is 6.85. The van der Waals surface area contributed by atoms with Crippen LogP contribution in [0.25, 0.3) is 0 Å². The van der Waals surface area contributed by atoms with Crippen LogP contribution in [0.2, 0.25) is 0 Å². The molecule has 2 rings (SSSR count). The Bertz CT molecular complexity index is 502. The van der Waals surface area contributed by atoms with Gasteiger partial charge in [0.2, 0.25) is 5.88 Å². The highest BCUT2D eigenvalue weighted by Crippen LogP contribution is 2.21. The fourth-order valence-electron chi connectivity index (χ4n) is 1.47. The number of hydrogen-bond donors (Lipinski definition) is 1. The molecule has 0 bridgehead atoms. The number of halogens is 1. The lowest BCUT2D eigenvalue weighted by atomic mass is 10.2. The molecule has 3 nitrogen and oxygen atoms in total. The van der Waals surface area contributed by atoms with Gasteiger partial charge in [0, 0.05) is 22.4 Å². The first-order valence-electron chi connectivity index (χ1n) is 5.31. The Balaban J connectivity index is 2.15. The summed E-state index contributed by atoms with van der Waals surface area (Å²) in [4.78, 5) is 4.19. The molecule has 17 heavy (non-hydrogen) atoms. The number of ether oxygens (including phenoxy) is 1. The van der Waals surface area contributed by atoms with Crippen LogP contribution in [-0.4, -0.2) is 12.0 Å². The molecule has 0 spiro atoms. The second-order valence-corrected chi connectivity index (χ2v) is 4.84. The summed E-state index contributed by atoms with van der Waals surface area (Å²) in [5.41, 5.74) is 1.16. The van der Waals surface area contributed by atoms with Crippen LogP contribution in [0.15, 0.2) is 42.6 Å². The third-order valence-electron chi connectivity index (χ3n) is 2.20. The van der Waals surface area contributed by atoms with Crippen molar-refractivity contribution in [2.45, 2.75) is 6.54 Å². The van der Waals surface area contributed by atoms with Gasteiger partial charge < -0.3 is 10.1 Å². The van der Waals surface area contributed by atoms with Gasteiger partial charge in [0.1, 0.15) is 5.75 Å². The Kier molecular flexibility index (Phi) is 4.33. The highest BCUT2D eigenvalue weighted by atomic mass is 127. The van der Waals surface area contributed by atoms with Crippen LogP contribution in [-0.2, 0) is 6.54 Å². The molecule has 1 heterocycles. The van der Waals surface area contributed by atoms with Crippen LogP contribution in [0.1, 0.15) is 5.56 Å². The minimum atomic E-state index is 0.625. The lowest BCUT2D eigenvalue weighted by molar-refractivity contribution is 0.461. The van der Waals surface area contributed by atoms with Crippen molar-refractivity contribution in [3.63, 3.8) is 0 Å². The van der Waals surface area contributed by atoms with E-state index in [2.05, 4.69) is 32.9 Å². The summed E-state index contributed by atoms with van der Waals surface area (Å²) in [5, 5.41) is 3.10. The zero-order valence-corrected chi connectivity index (χ0v) is 11.6. The van der Waals surface area contributed by atoms with Crippen LogP contribution in [0, 0.1) is 3.57 Å². The Morgan fingerprint density at radius 2 is 2.18 bits per heavy atom. The largest absolute Gasteiger partial charge is 0.439 e. The zero-order valence-electron chi connectivity index (χ0n) is 9.48. The van der Waals surface area contributed by atoms with E-state index in [0.717, 1.165) is 21.4 Å². The van der Waals surface area contributed by atoms with Crippen molar-refractivity contribution in [3.05, 3.63) is 51.7 Å². The maximum atomic E-state index is 5.70. The van der Waals surface area contributed by atoms with Gasteiger partial charge in [-0.1, -0.05) is 6.07 Å². The third kappa shape index (κ3) is 3.67. The van der Waals surface area contributed by atoms with Crippen molar-refractivity contribution in [3.8, 4) is 11.6 Å². The van der Waals surface area contributed by atoms with Gasteiger partial charge in [0.05, 0.1) is 0 Å². The van der Waals surface area contributed by atoms with Gasteiger partial charge in [0.15, 0.2) is 0 Å². The van der Waals surface area contributed by atoms with Gasteiger partial charge >= 0.3 is 0 Å². The number of rotatable bonds is 4. The van der Waals surface area contributed by atoms with E-state index in [1.54, 1.807) is 6.20 Å². The molecule has 2 aromatic rings. The zero-order chi connectivity index (χ0) is 12.1. The molecule has 0 saturated carbocycles. The lowest BCUT2D eigenvalue weighted by Crippen LogP contribution is -2.05. The SMILES string of the molecule is CNCc1ccnc(Oc2cccc(I)c2)c1. The molecule has 88 valence electrons. The topological polar surface area (TPSA) is 34.2 Å². The molecule has 0 radical (unpaired) electrons. The standard InChI is InChI=1S/C13H13IN2O/c1-15-9-10-5-6-16-13(7-10)17-12-4-2-3-11(14)8-12/h2-8,15H,9H2,1H3. The van der Waals surface area contributed by atoms with Crippen molar-refractivity contribution >= 4 is 22.6 Å². The minimum Gasteiger partial charge on any atom is -0.439 e. The first-order chi connectivity index (χ1) is 8.28. The van der Waals surface area contributed by atoms with Crippen LogP contribution < -0.4 is 10.1 Å². The first-order valence-corrected chi connectivity index (χ1v) is 6.39. The molecule has 0 aliphatic heterocycles. The molecule has 0 aliphatic carbocycles. The van der Waals surface area contributed by atoms with Crippen molar-refractivity contribution < 1.29 is 4.74 Å². The highest BCUT2D eigenvalue weighted by Gasteiger charge is 2.00. The van der Waals surface area contributed by atoms with Gasteiger partial charge in [-0.05, 0) is 59.5 Å². The quantitative estimate of drug-likeness (QED) is 0.868. The molecular weight excluding hydrogens is 327 g/mol. The molecule has 4 heteroatoms. The molecular formula is C13H13IN2O. The van der Waals surface area contributed by atoms with Crippen molar-refractivity contribution in [1.29, 1.82) is 0 Å². The maximum Gasteiger partial charge on any atom is 0.219 e. The second-order valence-electron chi connectivity index (χ2n) is 3.59. The molecule has 0 fully saturated rings. The summed E-state index contributed by atoms with van der Waals surface area (Å²) in [6.07, 6.45) is 1.76. The smallest absolute Gasteiger partial charge is 0.219 e. The molecule has 0 unspecified atom stereocenters. The van der Waals surface area contributed by atoms with Crippen molar-refractivity contribution in [1.82, 2.24) is 10.3 Å². The molecule has 0 atom stereocenters. The second kappa shape index (κ2) is 5.97. The Morgan fingerprint density at radius 3 is 2.94 bits per heavy atom. The van der Waals surface area contributed by atoms with Crippen LogP contribution in [0.3, 0.4) is 0 Å². The number of nitrogens with one attached hydrogen (secondary N) is 1. The van der Waals surface area contributed by atoms with E-state index in [1.165, 1.54) is 0 Å². The van der Waals surface area contributed by atoms with Gasteiger partial charge in [0.25, 0.3) is 0 Å². The monoisotopic (exact) mass is 340 g/mol. The predicted octanol–water partition coefficient (Wildman–Crippen LogP) is 3.20. The van der Waals surface area contributed by atoms with Crippen LogP contribution in [0.5, 0.6) is 11.6 Å². The summed E-state index contributed by atoms with van der Waals surface area (Å²) in [5.74, 6) is 1.44. The van der Waals surface area contributed by atoms with Crippen molar-refractivity contribution in [2.75, 3.05) is 7.05 Å². The average Bonchev–Trinajstić information content (AvgIpc) is 2.30. The number of benzene rings is 1. The summed E-state index contributed by atoms with van der Waals surface area (Å²) in [6, 6.07) is 11.8. The number of aromatic nitrogens is 1. The van der Waals surface area contributed by atoms with Crippen LogP contribution in [0.4, 0.5) is 0 Å². The molecule has 1 N–H and O–H groups in total. The normalized spacial score (nSPS) is 10.2. The summed E-state index contributed by atoms with van der Waals surface area (Å²) in [7, 11) is 1.92. The van der Waals surface area contributed by atoms with Gasteiger partial charge in [-0.25, -0.2) is 4.98 Å². The number of hydrogen-bond acceptors (Lipinski definition) is 3. The highest BCUT2D eigenvalue weighted by molar-refractivity contribution is 14.1. The Labute approximate surface area is 114 Å². The van der Waals surface area contributed by atoms with E-state index < -0.39 is 0 Å². The van der Waals surface area contributed by atoms with Crippen molar-refractivity contribution in [2.24, 2.45) is 0 Å². The third-order valence-corrected chi connectivity index (χ3v) is 2.87. The molecule has 0 saturated heterocycles. The Morgan fingerprint density at radius 1 is 1.29 bits per heavy atom. The lowest BCUT2D eigenvalue weighted by Gasteiger charge is -2.06. The van der Waals surface area contributed by atoms with Crippen LogP contribution >= 0.6 is 22.6 Å². The van der Waals surface area contributed by atoms with E-state index in [1.807, 2.05) is 43.4 Å². The predicted molar refractivity (Wildman–Crippen MR) is 76.2 cm³/mol. The van der Waals surface area contributed by atoms with E-state index in [9.17, 15) is 0 Å². The summed E-state index contributed by atoms with van der Waals surface area (Å²) in [6.45, 7) is 0.811. The van der Waals surface area contributed by atoms with E-state index >= 15 is 0 Å². The molecule has 1 aromatic heterocycles. The van der Waals surface area contributed by atoms with Gasteiger partial charge in [-0.15, -0.1) is 0 Å². The first kappa shape index (κ1) is 12.3. The molecule has 1 aromatic carbocycles. The average molecular weight is 340 g/mol. The fraction of sp³-hybridized carbons (Fsp3) is 0.154. The molecule has 0 amide bonds. The maximum absolute atomic E-state index is 5.70. The number of nitrogens with zero attached hydrogens (tertiary/aromatic N) is 1. The van der Waals surface area contributed by atoms with E-state index in [0.29, 0.717) is 5.88 Å². The summed E-state index contributed by atoms with van der Waals surface area (Å²) >= 11 is 2.26. The van der Waals surface area contributed by atoms with Gasteiger partial charge in [-0.3, -0.25) is 0 Å².